The summed E-state index contributed by atoms with van der Waals surface area (Å²) in [6.07, 6.45) is 4.43. The molecule has 0 saturated carbocycles. The van der Waals surface area contributed by atoms with E-state index in [2.05, 4.69) is 20.3 Å². The minimum Gasteiger partial charge on any atom is -0.350 e. The first-order valence-electron chi connectivity index (χ1n) is 8.99. The third kappa shape index (κ3) is 3.28. The number of fused-ring (bicyclic) bond motifs is 2. The number of aryl methyl sites for hydroxylation is 1. The zero-order valence-electron chi connectivity index (χ0n) is 15.3. The van der Waals surface area contributed by atoms with Gasteiger partial charge in [0.25, 0.3) is 5.91 Å². The molecule has 4 rings (SSSR count). The van der Waals surface area contributed by atoms with E-state index in [4.69, 9.17) is 0 Å². The first-order chi connectivity index (χ1) is 13.0. The van der Waals surface area contributed by atoms with Crippen molar-refractivity contribution in [1.29, 1.82) is 0 Å². The molecule has 1 amide bonds. The predicted octanol–water partition coefficient (Wildman–Crippen LogP) is 2.19. The van der Waals surface area contributed by atoms with E-state index in [1.807, 2.05) is 25.1 Å². The lowest BCUT2D eigenvalue weighted by Crippen LogP contribution is -2.33. The zero-order valence-corrected chi connectivity index (χ0v) is 15.3. The van der Waals surface area contributed by atoms with Gasteiger partial charge in [-0.25, -0.2) is 9.97 Å². The maximum atomic E-state index is 12.8. The van der Waals surface area contributed by atoms with E-state index in [0.29, 0.717) is 16.9 Å². The molecule has 7 heteroatoms. The Labute approximate surface area is 156 Å². The molecule has 0 aliphatic heterocycles. The van der Waals surface area contributed by atoms with Crippen molar-refractivity contribution in [3.63, 3.8) is 0 Å². The number of hydrogen-bond acceptors (Lipinski definition) is 5. The van der Waals surface area contributed by atoms with Gasteiger partial charge in [0.05, 0.1) is 11.7 Å². The van der Waals surface area contributed by atoms with E-state index < -0.39 is 0 Å². The van der Waals surface area contributed by atoms with Crippen LogP contribution in [0.5, 0.6) is 0 Å². The number of carbonyl (C=O) groups excluding carboxylic acids is 1. The molecule has 2 N–H and O–H groups in total. The van der Waals surface area contributed by atoms with Crippen LogP contribution in [0.1, 0.15) is 40.6 Å². The molecule has 2 aromatic heterocycles. The summed E-state index contributed by atoms with van der Waals surface area (Å²) < 4.78 is 0. The molecule has 2 heterocycles. The number of amides is 1. The van der Waals surface area contributed by atoms with E-state index in [1.54, 1.807) is 24.4 Å². The number of nitrogens with zero attached hydrogens (tertiary/aromatic N) is 3. The van der Waals surface area contributed by atoms with Crippen LogP contribution in [-0.2, 0) is 6.42 Å². The summed E-state index contributed by atoms with van der Waals surface area (Å²) in [5.74, 6) is 0.368. The lowest BCUT2D eigenvalue weighted by Gasteiger charge is -2.26. The molecule has 1 unspecified atom stereocenters. The summed E-state index contributed by atoms with van der Waals surface area (Å²) in [5, 5.41) is 3.60. The molecule has 0 saturated heterocycles. The number of para-hydroxylation sites is 1. The van der Waals surface area contributed by atoms with Crippen molar-refractivity contribution in [3.05, 3.63) is 63.7 Å². The van der Waals surface area contributed by atoms with E-state index in [-0.39, 0.29) is 23.1 Å². The molecule has 1 aliphatic carbocycles. The van der Waals surface area contributed by atoms with Gasteiger partial charge in [-0.3, -0.25) is 9.59 Å². The number of rotatable bonds is 3. The lowest BCUT2D eigenvalue weighted by molar-refractivity contribution is 0.0927. The highest BCUT2D eigenvalue weighted by atomic mass is 16.2. The Morgan fingerprint density at radius 3 is 2.93 bits per heavy atom. The lowest BCUT2D eigenvalue weighted by atomic mass is 9.92. The van der Waals surface area contributed by atoms with Gasteiger partial charge in [-0.15, -0.1) is 0 Å². The molecular weight excluding hydrogens is 342 g/mol. The van der Waals surface area contributed by atoms with Crippen LogP contribution < -0.4 is 15.6 Å². The van der Waals surface area contributed by atoms with Crippen molar-refractivity contribution >= 4 is 22.8 Å². The summed E-state index contributed by atoms with van der Waals surface area (Å²) in [6.45, 7) is 0. The molecule has 1 atom stereocenters. The summed E-state index contributed by atoms with van der Waals surface area (Å²) >= 11 is 0. The van der Waals surface area contributed by atoms with E-state index in [1.165, 1.54) is 6.07 Å². The van der Waals surface area contributed by atoms with Crippen molar-refractivity contribution in [3.8, 4) is 0 Å². The van der Waals surface area contributed by atoms with E-state index in [0.717, 1.165) is 30.5 Å². The van der Waals surface area contributed by atoms with Gasteiger partial charge in [-0.05, 0) is 31.4 Å². The predicted molar refractivity (Wildman–Crippen MR) is 104 cm³/mol. The number of aromatic amines is 1. The first kappa shape index (κ1) is 17.2. The van der Waals surface area contributed by atoms with Crippen molar-refractivity contribution in [1.82, 2.24) is 20.3 Å². The Morgan fingerprint density at radius 2 is 2.11 bits per heavy atom. The summed E-state index contributed by atoms with van der Waals surface area (Å²) in [4.78, 5) is 38.9. The minimum atomic E-state index is -0.299. The summed E-state index contributed by atoms with van der Waals surface area (Å²) in [7, 11) is 3.81. The smallest absolute Gasteiger partial charge is 0.268 e. The number of aromatic nitrogens is 3. The third-order valence-electron chi connectivity index (χ3n) is 4.86. The fraction of sp³-hybridized carbons (Fsp3) is 0.300. The Kier molecular flexibility index (Phi) is 4.35. The van der Waals surface area contributed by atoms with E-state index >= 15 is 0 Å². The quantitative estimate of drug-likeness (QED) is 0.744. The molecule has 3 aromatic rings. The number of anilines is 1. The van der Waals surface area contributed by atoms with Gasteiger partial charge < -0.3 is 15.2 Å². The average Bonchev–Trinajstić information content (AvgIpc) is 2.67. The number of pyridine rings is 1. The second kappa shape index (κ2) is 6.83. The van der Waals surface area contributed by atoms with E-state index in [9.17, 15) is 9.59 Å². The van der Waals surface area contributed by atoms with Crippen LogP contribution in [0.4, 0.5) is 5.95 Å². The molecule has 27 heavy (non-hydrogen) atoms. The highest BCUT2D eigenvalue weighted by Crippen LogP contribution is 2.29. The van der Waals surface area contributed by atoms with Crippen molar-refractivity contribution in [2.75, 3.05) is 19.0 Å². The monoisotopic (exact) mass is 363 g/mol. The fourth-order valence-corrected chi connectivity index (χ4v) is 3.46. The number of nitrogens with one attached hydrogen (secondary N) is 2. The Bertz CT molecular complexity index is 1070. The molecule has 0 radical (unpaired) electrons. The Morgan fingerprint density at radius 1 is 1.30 bits per heavy atom. The number of benzene rings is 1. The molecule has 7 nitrogen and oxygen atoms in total. The second-order valence-corrected chi connectivity index (χ2v) is 6.98. The van der Waals surface area contributed by atoms with Gasteiger partial charge >= 0.3 is 0 Å². The van der Waals surface area contributed by atoms with Crippen LogP contribution in [0.15, 0.2) is 41.3 Å². The number of H-pyrrole nitrogens is 1. The van der Waals surface area contributed by atoms with Crippen LogP contribution >= 0.6 is 0 Å². The Balaban J connectivity index is 1.62. The van der Waals surface area contributed by atoms with Gasteiger partial charge in [0.2, 0.25) is 5.95 Å². The number of carbonyl (C=O) groups is 1. The van der Waals surface area contributed by atoms with Crippen LogP contribution in [0.25, 0.3) is 10.9 Å². The van der Waals surface area contributed by atoms with Gasteiger partial charge in [0.1, 0.15) is 5.69 Å². The summed E-state index contributed by atoms with van der Waals surface area (Å²) in [6, 6.07) is 8.36. The van der Waals surface area contributed by atoms with Crippen LogP contribution in [-0.4, -0.2) is 35.0 Å². The minimum absolute atomic E-state index is 0.160. The Hall–Kier alpha value is -3.22. The molecule has 0 fully saturated rings. The summed E-state index contributed by atoms with van der Waals surface area (Å²) in [5.41, 5.74) is 2.66. The van der Waals surface area contributed by atoms with Crippen LogP contribution in [0.2, 0.25) is 0 Å². The van der Waals surface area contributed by atoms with Crippen LogP contribution in [0.3, 0.4) is 0 Å². The second-order valence-electron chi connectivity index (χ2n) is 6.98. The molecule has 138 valence electrons. The van der Waals surface area contributed by atoms with Gasteiger partial charge in [0.15, 0.2) is 5.43 Å². The third-order valence-corrected chi connectivity index (χ3v) is 4.86. The number of hydrogen-bond donors (Lipinski definition) is 2. The molecule has 0 bridgehead atoms. The zero-order chi connectivity index (χ0) is 19.0. The standard InChI is InChI=1S/C20H21N5O2/c1-25(2)20-21-11-13-15(8-5-9-16(13)24-20)23-19(27)17-10-18(26)12-6-3-4-7-14(12)22-17/h3-4,6-7,10-11,15H,5,8-9H2,1-2H3,(H,22,26)(H,23,27). The van der Waals surface area contributed by atoms with Gasteiger partial charge in [-0.1, -0.05) is 12.1 Å². The maximum Gasteiger partial charge on any atom is 0.268 e. The largest absolute Gasteiger partial charge is 0.350 e. The SMILES string of the molecule is CN(C)c1ncc2c(n1)CCCC2NC(=O)c1cc(=O)c2ccccc2[nH]1. The molecule has 1 aromatic carbocycles. The topological polar surface area (TPSA) is 91.0 Å². The highest BCUT2D eigenvalue weighted by Gasteiger charge is 2.25. The van der Waals surface area contributed by atoms with Crippen molar-refractivity contribution < 1.29 is 4.79 Å². The maximum absolute atomic E-state index is 12.8. The fourth-order valence-electron chi connectivity index (χ4n) is 3.46. The van der Waals surface area contributed by atoms with Crippen LogP contribution in [0, 0.1) is 0 Å². The average molecular weight is 363 g/mol. The molecule has 1 aliphatic rings. The van der Waals surface area contributed by atoms with Gasteiger partial charge in [0, 0.05) is 42.8 Å². The highest BCUT2D eigenvalue weighted by molar-refractivity contribution is 5.95. The normalized spacial score (nSPS) is 16.0. The molecule has 0 spiro atoms. The van der Waals surface area contributed by atoms with Crippen molar-refractivity contribution in [2.24, 2.45) is 0 Å². The van der Waals surface area contributed by atoms with Gasteiger partial charge in [-0.2, -0.15) is 0 Å². The van der Waals surface area contributed by atoms with Crippen molar-refractivity contribution in [2.45, 2.75) is 25.3 Å². The first-order valence-corrected chi connectivity index (χ1v) is 8.99. The molecular formula is C20H21N5O2.